The summed E-state index contributed by atoms with van der Waals surface area (Å²) in [7, 11) is 1.21. The molecule has 3 aliphatic rings. The second kappa shape index (κ2) is 11.1. The highest BCUT2D eigenvalue weighted by molar-refractivity contribution is 9.10. The van der Waals surface area contributed by atoms with Crippen molar-refractivity contribution in [3.05, 3.63) is 114 Å². The van der Waals surface area contributed by atoms with Crippen LogP contribution >= 0.6 is 39.1 Å². The molecule has 2 amide bonds. The zero-order chi connectivity index (χ0) is 35.5. The average Bonchev–Trinajstić information content (AvgIpc) is 3.42. The molecule has 0 spiro atoms. The van der Waals surface area contributed by atoms with E-state index in [1.54, 1.807) is 18.2 Å². The third kappa shape index (κ3) is 4.16. The summed E-state index contributed by atoms with van der Waals surface area (Å²) < 4.78 is 81.6. The number of benzene rings is 3. The highest BCUT2D eigenvalue weighted by Crippen LogP contribution is 2.65. The number of halogens is 8. The molecule has 1 aliphatic carbocycles. The number of amides is 2. The van der Waals surface area contributed by atoms with Crippen LogP contribution in [-0.4, -0.2) is 47.7 Å². The molecule has 3 aromatic carbocycles. The SMILES string of the molecule is COc1cc(Br)cc([C@H]2C3=CCn4c(=O)n(-c5ccccc5)c(=O)n4[C@@H]3C[C@@]3(Cl)C(=O)N(c4c(F)c(F)c(F)c(F)c4F)C(=O)[C@@]23Cl)c1O. The Morgan fingerprint density at radius 1 is 0.898 bits per heavy atom. The number of anilines is 1. The first-order valence-electron chi connectivity index (χ1n) is 14.2. The average molecular weight is 788 g/mol. The van der Waals surface area contributed by atoms with Gasteiger partial charge in [-0.15, -0.1) is 23.2 Å². The minimum Gasteiger partial charge on any atom is -0.504 e. The van der Waals surface area contributed by atoms with E-state index in [0.717, 1.165) is 13.9 Å². The quantitative estimate of drug-likeness (QED) is 0.0763. The fourth-order valence-corrected chi connectivity index (χ4v) is 8.30. The molecule has 18 heteroatoms. The van der Waals surface area contributed by atoms with Gasteiger partial charge in [0.15, 0.2) is 44.5 Å². The fourth-order valence-electron chi connectivity index (χ4n) is 6.94. The number of ether oxygens (including phenoxy) is 1. The van der Waals surface area contributed by atoms with E-state index in [0.29, 0.717) is 0 Å². The number of fused-ring (bicyclic) bond motifs is 4. The molecule has 1 aromatic heterocycles. The smallest absolute Gasteiger partial charge is 0.352 e. The van der Waals surface area contributed by atoms with Crippen molar-refractivity contribution in [3.63, 3.8) is 0 Å². The number of phenolic OH excluding ortho intramolecular Hbond substituents is 1. The third-order valence-electron chi connectivity index (χ3n) is 9.10. The van der Waals surface area contributed by atoms with E-state index in [2.05, 4.69) is 15.9 Å². The standard InChI is InChI=1S/C31H18BrCl2F5N4O6/c1-49-17-10-12(32)9-15(25(17)44)18-14-7-8-40-28(47)41(13-5-3-2-4-6-13)29(48)43(40)16(14)11-30(33)26(45)42(27(46)31(18,30)34)24-22(38)20(36)19(35)21(37)23(24)39/h2-7,9-10,16,18,44H,8,11H2,1H3/t16-,18-,30-,31+/m1/s1. The summed E-state index contributed by atoms with van der Waals surface area (Å²) in [4.78, 5) is 50.3. The summed E-state index contributed by atoms with van der Waals surface area (Å²) in [6.45, 7) is -0.298. The molecule has 0 bridgehead atoms. The molecule has 7 rings (SSSR count). The van der Waals surface area contributed by atoms with Gasteiger partial charge in [-0.05, 0) is 29.8 Å². The lowest BCUT2D eigenvalue weighted by Gasteiger charge is -2.49. The van der Waals surface area contributed by atoms with Crippen molar-refractivity contribution in [2.45, 2.75) is 34.7 Å². The second-order valence-corrected chi connectivity index (χ2v) is 13.6. The van der Waals surface area contributed by atoms with Crippen molar-refractivity contribution in [2.24, 2.45) is 0 Å². The molecule has 2 aliphatic heterocycles. The topological polar surface area (TPSA) is 116 Å². The lowest BCUT2D eigenvalue weighted by Crippen LogP contribution is -2.59. The maximum absolute atomic E-state index is 15.2. The number of hydrogen-bond donors (Lipinski definition) is 1. The van der Waals surface area contributed by atoms with E-state index in [9.17, 15) is 37.5 Å². The lowest BCUT2D eigenvalue weighted by atomic mass is 9.64. The summed E-state index contributed by atoms with van der Waals surface area (Å²) in [6.07, 6.45) is 0.624. The number of carbonyl (C=O) groups is 2. The van der Waals surface area contributed by atoms with Crippen LogP contribution in [0.5, 0.6) is 11.5 Å². The number of aromatic hydroxyl groups is 1. The van der Waals surface area contributed by atoms with Crippen molar-refractivity contribution in [2.75, 3.05) is 12.0 Å². The maximum atomic E-state index is 15.2. The van der Waals surface area contributed by atoms with Crippen LogP contribution in [0.4, 0.5) is 27.6 Å². The van der Waals surface area contributed by atoms with Gasteiger partial charge in [0.2, 0.25) is 5.82 Å². The molecular weight excluding hydrogens is 770 g/mol. The Morgan fingerprint density at radius 2 is 1.51 bits per heavy atom. The summed E-state index contributed by atoms with van der Waals surface area (Å²) >= 11 is 17.4. The first-order chi connectivity index (χ1) is 23.1. The molecule has 4 aromatic rings. The van der Waals surface area contributed by atoms with Crippen molar-refractivity contribution >= 4 is 56.6 Å². The first-order valence-corrected chi connectivity index (χ1v) is 15.7. The summed E-state index contributed by atoms with van der Waals surface area (Å²) in [5, 5.41) is 11.4. The van der Waals surface area contributed by atoms with Gasteiger partial charge in [0, 0.05) is 22.4 Å². The number of aromatic nitrogens is 3. The van der Waals surface area contributed by atoms with Gasteiger partial charge < -0.3 is 9.84 Å². The van der Waals surface area contributed by atoms with Crippen LogP contribution in [0.1, 0.15) is 23.9 Å². The van der Waals surface area contributed by atoms with Crippen LogP contribution in [0, 0.1) is 29.1 Å². The molecule has 2 fully saturated rings. The molecule has 4 atom stereocenters. The Hall–Kier alpha value is -4.41. The van der Waals surface area contributed by atoms with Crippen LogP contribution in [-0.2, 0) is 16.1 Å². The molecule has 1 saturated heterocycles. The van der Waals surface area contributed by atoms with Crippen molar-refractivity contribution in [1.82, 2.24) is 13.9 Å². The van der Waals surface area contributed by atoms with Crippen molar-refractivity contribution in [3.8, 4) is 17.2 Å². The van der Waals surface area contributed by atoms with Crippen LogP contribution in [0.15, 0.2) is 68.2 Å². The lowest BCUT2D eigenvalue weighted by molar-refractivity contribution is -0.122. The summed E-state index contributed by atoms with van der Waals surface area (Å²) in [5.74, 6) is -18.4. The molecule has 49 heavy (non-hydrogen) atoms. The molecule has 0 unspecified atom stereocenters. The monoisotopic (exact) mass is 786 g/mol. The van der Waals surface area contributed by atoms with E-state index in [4.69, 9.17) is 27.9 Å². The third-order valence-corrected chi connectivity index (χ3v) is 11.0. The Morgan fingerprint density at radius 3 is 2.12 bits per heavy atom. The number of phenols is 1. The minimum atomic E-state index is -2.84. The number of methoxy groups -OCH3 is 1. The number of alkyl halides is 2. The number of allylic oxidation sites excluding steroid dienone is 2. The highest BCUT2D eigenvalue weighted by atomic mass is 79.9. The van der Waals surface area contributed by atoms with Crippen LogP contribution in [0.3, 0.4) is 0 Å². The van der Waals surface area contributed by atoms with Gasteiger partial charge in [-0.3, -0.25) is 9.59 Å². The largest absolute Gasteiger partial charge is 0.504 e. The van der Waals surface area contributed by atoms with Crippen LogP contribution in [0.2, 0.25) is 0 Å². The molecule has 1 saturated carbocycles. The molecule has 3 heterocycles. The first kappa shape index (κ1) is 33.1. The second-order valence-electron chi connectivity index (χ2n) is 11.4. The van der Waals surface area contributed by atoms with Gasteiger partial charge >= 0.3 is 11.4 Å². The van der Waals surface area contributed by atoms with Gasteiger partial charge in [-0.2, -0.15) is 0 Å². The van der Waals surface area contributed by atoms with Gasteiger partial charge in [-0.25, -0.2) is 50.4 Å². The van der Waals surface area contributed by atoms with Gasteiger partial charge in [0.05, 0.1) is 25.4 Å². The predicted octanol–water partition coefficient (Wildman–Crippen LogP) is 5.17. The number of rotatable bonds is 4. The number of para-hydroxylation sites is 1. The molecule has 0 radical (unpaired) electrons. The molecular formula is C31H18BrCl2F5N4O6. The summed E-state index contributed by atoms with van der Waals surface area (Å²) in [5.41, 5.74) is -3.59. The maximum Gasteiger partial charge on any atom is 0.352 e. The zero-order valence-electron chi connectivity index (χ0n) is 24.5. The Balaban J connectivity index is 1.53. The van der Waals surface area contributed by atoms with Gasteiger partial charge in [0.1, 0.15) is 5.69 Å². The van der Waals surface area contributed by atoms with Crippen LogP contribution in [0.25, 0.3) is 5.69 Å². The fraction of sp³-hybridized carbons (Fsp3) is 0.226. The van der Waals surface area contributed by atoms with E-state index >= 15 is 8.78 Å². The predicted molar refractivity (Wildman–Crippen MR) is 167 cm³/mol. The van der Waals surface area contributed by atoms with Crippen molar-refractivity contribution in [1.29, 1.82) is 0 Å². The van der Waals surface area contributed by atoms with Gasteiger partial charge in [-0.1, -0.05) is 40.2 Å². The molecule has 1 N–H and O–H groups in total. The Bertz CT molecular complexity index is 2280. The van der Waals surface area contributed by atoms with Crippen molar-refractivity contribution < 1.29 is 41.4 Å². The van der Waals surface area contributed by atoms with Crippen LogP contribution < -0.4 is 21.0 Å². The van der Waals surface area contributed by atoms with E-state index < -0.39 is 91.8 Å². The summed E-state index contributed by atoms with van der Waals surface area (Å²) in [6, 6.07) is 9.05. The molecule has 10 nitrogen and oxygen atoms in total. The number of hydrogen-bond acceptors (Lipinski definition) is 6. The Kier molecular flexibility index (Phi) is 7.47. The number of nitrogens with zero attached hydrogens (tertiary/aromatic N) is 4. The normalized spacial score (nSPS) is 24.4. The number of carbonyl (C=O) groups excluding carboxylic acids is 2. The minimum absolute atomic E-state index is 0.0643. The highest BCUT2D eigenvalue weighted by Gasteiger charge is 2.76. The Labute approximate surface area is 289 Å². The molecule has 254 valence electrons. The van der Waals surface area contributed by atoms with E-state index in [-0.39, 0.29) is 38.5 Å². The van der Waals surface area contributed by atoms with Gasteiger partial charge in [0.25, 0.3) is 11.8 Å². The van der Waals surface area contributed by atoms with E-state index in [1.807, 2.05) is 0 Å². The van der Waals surface area contributed by atoms with E-state index in [1.165, 1.54) is 37.5 Å². The zero-order valence-corrected chi connectivity index (χ0v) is 27.6. The number of imide groups is 1.